The molecule has 3 heteroatoms. The van der Waals surface area contributed by atoms with Gasteiger partial charge in [-0.15, -0.1) is 0 Å². The first-order valence-electron chi connectivity index (χ1n) is 2.68. The Balaban J connectivity index is 3.34. The van der Waals surface area contributed by atoms with Gasteiger partial charge in [0.25, 0.3) is 0 Å². The lowest BCUT2D eigenvalue weighted by atomic mass is 10.2. The molecule has 0 fully saturated rings. The van der Waals surface area contributed by atoms with Crippen LogP contribution in [0.25, 0.3) is 0 Å². The molecule has 1 aromatic heterocycles. The maximum absolute atomic E-state index is 8.52. The van der Waals surface area contributed by atoms with E-state index in [1.165, 1.54) is 6.20 Å². The largest absolute Gasteiger partial charge is 0.253 e. The van der Waals surface area contributed by atoms with Crippen LogP contribution in [0.3, 0.4) is 0 Å². The van der Waals surface area contributed by atoms with Gasteiger partial charge in [-0.2, -0.15) is 5.26 Å². The van der Waals surface area contributed by atoms with E-state index < -0.39 is 0 Å². The minimum absolute atomic E-state index is 0.388. The number of aryl methyl sites for hydroxylation is 1. The summed E-state index contributed by atoms with van der Waals surface area (Å²) in [6, 6.07) is 1.96. The van der Waals surface area contributed by atoms with Crippen molar-refractivity contribution >= 4 is 11.6 Å². The highest BCUT2D eigenvalue weighted by Gasteiger charge is 2.01. The van der Waals surface area contributed by atoms with Crippen LogP contribution < -0.4 is 0 Å². The SMILES string of the molecule is Cc1[c]ncc(Cl)c1C#N. The molecule has 1 rings (SSSR count). The molecule has 0 atom stereocenters. The van der Waals surface area contributed by atoms with Gasteiger partial charge in [0.15, 0.2) is 0 Å². The molecule has 0 aliphatic heterocycles. The van der Waals surface area contributed by atoms with Crippen molar-refractivity contribution in [1.29, 1.82) is 5.26 Å². The van der Waals surface area contributed by atoms with Gasteiger partial charge in [-0.05, 0) is 12.5 Å². The fourth-order valence-electron chi connectivity index (χ4n) is 0.623. The molecule has 0 amide bonds. The van der Waals surface area contributed by atoms with Gasteiger partial charge in [-0.1, -0.05) is 11.6 Å². The van der Waals surface area contributed by atoms with Crippen LogP contribution >= 0.6 is 11.6 Å². The molecule has 0 aliphatic carbocycles. The zero-order valence-corrected chi connectivity index (χ0v) is 6.11. The molecular weight excluding hydrogens is 148 g/mol. The highest BCUT2D eigenvalue weighted by Crippen LogP contribution is 2.15. The van der Waals surface area contributed by atoms with E-state index >= 15 is 0 Å². The molecular formula is C7H4ClN2. The molecule has 0 spiro atoms. The quantitative estimate of drug-likeness (QED) is 0.566. The third kappa shape index (κ3) is 1.09. The zero-order valence-electron chi connectivity index (χ0n) is 5.35. The van der Waals surface area contributed by atoms with Crippen LogP contribution in [0.2, 0.25) is 5.02 Å². The van der Waals surface area contributed by atoms with E-state index in [-0.39, 0.29) is 0 Å². The highest BCUT2D eigenvalue weighted by atomic mass is 35.5. The Hall–Kier alpha value is -1.07. The second kappa shape index (κ2) is 2.68. The number of halogens is 1. The van der Waals surface area contributed by atoms with Crippen molar-refractivity contribution in [2.45, 2.75) is 6.92 Å². The van der Waals surface area contributed by atoms with Crippen molar-refractivity contribution < 1.29 is 0 Å². The first kappa shape index (κ1) is 7.04. The first-order chi connectivity index (χ1) is 4.75. The average Bonchev–Trinajstić information content (AvgIpc) is 1.88. The maximum atomic E-state index is 8.52. The summed E-state index contributed by atoms with van der Waals surface area (Å²) in [4.78, 5) is 3.68. The maximum Gasteiger partial charge on any atom is 0.101 e. The Kier molecular flexibility index (Phi) is 1.88. The lowest BCUT2D eigenvalue weighted by Gasteiger charge is -1.94. The minimum atomic E-state index is 0.388. The second-order valence-electron chi connectivity index (χ2n) is 1.83. The summed E-state index contributed by atoms with van der Waals surface area (Å²) < 4.78 is 0. The van der Waals surface area contributed by atoms with Crippen molar-refractivity contribution in [3.8, 4) is 6.07 Å². The van der Waals surface area contributed by atoms with E-state index in [2.05, 4.69) is 11.2 Å². The van der Waals surface area contributed by atoms with Crippen LogP contribution in [0.5, 0.6) is 0 Å². The number of nitrogens with zero attached hydrogens (tertiary/aromatic N) is 2. The molecule has 0 saturated heterocycles. The zero-order chi connectivity index (χ0) is 7.56. The lowest BCUT2D eigenvalue weighted by Crippen LogP contribution is -1.85. The van der Waals surface area contributed by atoms with E-state index in [0.717, 1.165) is 0 Å². The Morgan fingerprint density at radius 1 is 1.80 bits per heavy atom. The summed E-state index contributed by atoms with van der Waals surface area (Å²) in [5.41, 5.74) is 1.15. The molecule has 0 aromatic carbocycles. The van der Waals surface area contributed by atoms with Gasteiger partial charge >= 0.3 is 0 Å². The molecule has 0 aliphatic rings. The molecule has 0 N–H and O–H groups in total. The monoisotopic (exact) mass is 151 g/mol. The molecule has 0 bridgehead atoms. The summed E-state index contributed by atoms with van der Waals surface area (Å²) in [5, 5.41) is 8.90. The molecule has 10 heavy (non-hydrogen) atoms. The first-order valence-corrected chi connectivity index (χ1v) is 3.06. The van der Waals surface area contributed by atoms with E-state index in [1.807, 2.05) is 6.07 Å². The molecule has 1 aromatic rings. The Morgan fingerprint density at radius 3 is 2.90 bits per heavy atom. The van der Waals surface area contributed by atoms with Crippen LogP contribution in [0, 0.1) is 24.5 Å². The van der Waals surface area contributed by atoms with Gasteiger partial charge in [-0.3, -0.25) is 4.98 Å². The fourth-order valence-corrected chi connectivity index (χ4v) is 0.855. The highest BCUT2D eigenvalue weighted by molar-refractivity contribution is 6.31. The van der Waals surface area contributed by atoms with Crippen LogP contribution in [0.4, 0.5) is 0 Å². The average molecular weight is 152 g/mol. The smallest absolute Gasteiger partial charge is 0.101 e. The van der Waals surface area contributed by atoms with Crippen molar-refractivity contribution in [1.82, 2.24) is 4.98 Å². The van der Waals surface area contributed by atoms with Crippen molar-refractivity contribution in [3.63, 3.8) is 0 Å². The summed E-state index contributed by atoms with van der Waals surface area (Å²) in [5.74, 6) is 0. The number of pyridine rings is 1. The molecule has 1 heterocycles. The number of nitriles is 1. The van der Waals surface area contributed by atoms with Crippen LogP contribution in [-0.2, 0) is 0 Å². The topological polar surface area (TPSA) is 36.7 Å². The summed E-state index contributed by atoms with van der Waals surface area (Å²) in [6.45, 7) is 1.75. The van der Waals surface area contributed by atoms with Gasteiger partial charge in [0.2, 0.25) is 0 Å². The second-order valence-corrected chi connectivity index (χ2v) is 2.24. The standard InChI is InChI=1S/C7H4ClN2/c1-5-3-10-4-7(8)6(5)2-9/h4H,1H3. The normalized spacial score (nSPS) is 8.90. The lowest BCUT2D eigenvalue weighted by molar-refractivity contribution is 1.23. The number of aromatic nitrogens is 1. The van der Waals surface area contributed by atoms with Crippen LogP contribution in [-0.4, -0.2) is 4.98 Å². The van der Waals surface area contributed by atoms with Gasteiger partial charge < -0.3 is 0 Å². The van der Waals surface area contributed by atoms with E-state index in [0.29, 0.717) is 16.1 Å². The number of hydrogen-bond donors (Lipinski definition) is 0. The molecule has 2 nitrogen and oxygen atoms in total. The van der Waals surface area contributed by atoms with Gasteiger partial charge in [0.05, 0.1) is 16.8 Å². The summed E-state index contributed by atoms with van der Waals surface area (Å²) in [7, 11) is 0. The van der Waals surface area contributed by atoms with E-state index in [9.17, 15) is 0 Å². The predicted octanol–water partition coefficient (Wildman–Crippen LogP) is 1.72. The van der Waals surface area contributed by atoms with Crippen LogP contribution in [0.15, 0.2) is 6.20 Å². The summed E-state index contributed by atoms with van der Waals surface area (Å²) in [6.07, 6.45) is 4.04. The minimum Gasteiger partial charge on any atom is -0.253 e. The third-order valence-corrected chi connectivity index (χ3v) is 1.42. The Labute approximate surface area is 64.1 Å². The molecule has 49 valence electrons. The van der Waals surface area contributed by atoms with Gasteiger partial charge in [-0.25, -0.2) is 0 Å². The third-order valence-electron chi connectivity index (χ3n) is 1.14. The molecule has 0 unspecified atom stereocenters. The Morgan fingerprint density at radius 2 is 2.50 bits per heavy atom. The van der Waals surface area contributed by atoms with E-state index in [1.54, 1.807) is 6.92 Å². The molecule has 0 saturated carbocycles. The van der Waals surface area contributed by atoms with Crippen molar-refractivity contribution in [2.24, 2.45) is 0 Å². The van der Waals surface area contributed by atoms with Crippen LogP contribution in [0.1, 0.15) is 11.1 Å². The predicted molar refractivity (Wildman–Crippen MR) is 37.5 cm³/mol. The number of hydrogen-bond acceptors (Lipinski definition) is 2. The summed E-state index contributed by atoms with van der Waals surface area (Å²) >= 11 is 5.62. The van der Waals surface area contributed by atoms with E-state index in [4.69, 9.17) is 16.9 Å². The Bertz CT molecular complexity index is 268. The fraction of sp³-hybridized carbons (Fsp3) is 0.143. The number of rotatable bonds is 0. The van der Waals surface area contributed by atoms with Gasteiger partial charge in [0, 0.05) is 6.20 Å². The molecule has 1 radical (unpaired) electrons. The van der Waals surface area contributed by atoms with Crippen molar-refractivity contribution in [2.75, 3.05) is 0 Å². The van der Waals surface area contributed by atoms with Gasteiger partial charge in [0.1, 0.15) is 6.07 Å². The van der Waals surface area contributed by atoms with Crippen molar-refractivity contribution in [3.05, 3.63) is 28.5 Å².